The number of likely N-dealkylation sites (tertiary alicyclic amines) is 1. The highest BCUT2D eigenvalue weighted by atomic mass is 32.2. The average Bonchev–Trinajstić information content (AvgIpc) is 3.14. The van der Waals surface area contributed by atoms with Crippen molar-refractivity contribution in [1.29, 1.82) is 0 Å². The van der Waals surface area contributed by atoms with Crippen LogP contribution in [0.15, 0.2) is 40.5 Å². The normalized spacial score (nSPS) is 13.7. The molecule has 0 spiro atoms. The van der Waals surface area contributed by atoms with Gasteiger partial charge in [0, 0.05) is 31.8 Å². The van der Waals surface area contributed by atoms with E-state index in [1.54, 1.807) is 0 Å². The summed E-state index contributed by atoms with van der Waals surface area (Å²) in [6.07, 6.45) is 4.14. The van der Waals surface area contributed by atoms with Crippen molar-refractivity contribution in [3.05, 3.63) is 41.5 Å². The van der Waals surface area contributed by atoms with Crippen LogP contribution in [0.3, 0.4) is 0 Å². The van der Waals surface area contributed by atoms with Gasteiger partial charge in [-0.1, -0.05) is 42.1 Å². The lowest BCUT2D eigenvalue weighted by molar-refractivity contribution is -0.127. The van der Waals surface area contributed by atoms with Gasteiger partial charge in [-0.2, -0.15) is 0 Å². The van der Waals surface area contributed by atoms with Crippen LogP contribution in [-0.4, -0.2) is 57.7 Å². The van der Waals surface area contributed by atoms with E-state index in [0.717, 1.165) is 24.9 Å². The Morgan fingerprint density at radius 3 is 2.72 bits per heavy atom. The van der Waals surface area contributed by atoms with E-state index in [4.69, 9.17) is 0 Å². The molecule has 1 amide bonds. The number of anilines is 1. The number of rotatable bonds is 10. The van der Waals surface area contributed by atoms with Gasteiger partial charge in [0.05, 0.1) is 0 Å². The Bertz CT molecular complexity index is 864. The Labute approximate surface area is 178 Å². The van der Waals surface area contributed by atoms with Gasteiger partial charge in [0.1, 0.15) is 16.4 Å². The topological polar surface area (TPSA) is 95.4 Å². The third-order valence-electron chi connectivity index (χ3n) is 4.54. The minimum absolute atomic E-state index is 0.0981. The number of nitrogens with one attached hydrogen (secondary N) is 1. The van der Waals surface area contributed by atoms with E-state index in [1.165, 1.54) is 23.5 Å². The van der Waals surface area contributed by atoms with E-state index in [-0.39, 0.29) is 11.5 Å². The molecule has 29 heavy (non-hydrogen) atoms. The van der Waals surface area contributed by atoms with Gasteiger partial charge in [0.2, 0.25) is 5.91 Å². The molecular weight excluding hydrogens is 408 g/mol. The van der Waals surface area contributed by atoms with Crippen LogP contribution in [0.2, 0.25) is 0 Å². The van der Waals surface area contributed by atoms with Crippen LogP contribution < -0.4 is 5.32 Å². The Hall–Kier alpha value is -2.26. The highest BCUT2D eigenvalue weighted by Gasteiger charge is 2.22. The number of carbonyl (C=O) groups excluding carboxylic acids is 1. The van der Waals surface area contributed by atoms with Gasteiger partial charge in [-0.25, -0.2) is 14.8 Å². The minimum Gasteiger partial charge on any atom is -0.477 e. The number of hydrogen-bond acceptors (Lipinski definition) is 7. The van der Waals surface area contributed by atoms with Crippen molar-refractivity contribution in [3.63, 3.8) is 0 Å². The summed E-state index contributed by atoms with van der Waals surface area (Å²) in [4.78, 5) is 34.3. The van der Waals surface area contributed by atoms with Crippen molar-refractivity contribution < 1.29 is 14.7 Å². The zero-order valence-corrected chi connectivity index (χ0v) is 17.9. The van der Waals surface area contributed by atoms with E-state index >= 15 is 0 Å². The highest BCUT2D eigenvalue weighted by molar-refractivity contribution is 7.99. The first kappa shape index (κ1) is 21.4. The zero-order chi connectivity index (χ0) is 20.6. The average molecular weight is 433 g/mol. The summed E-state index contributed by atoms with van der Waals surface area (Å²) < 4.78 is 0. The quantitative estimate of drug-likeness (QED) is 0.254. The minimum atomic E-state index is -1.05. The Morgan fingerprint density at radius 1 is 1.28 bits per heavy atom. The third kappa shape index (κ3) is 5.86. The van der Waals surface area contributed by atoms with E-state index < -0.39 is 5.97 Å². The maximum absolute atomic E-state index is 11.9. The van der Waals surface area contributed by atoms with Crippen molar-refractivity contribution in [2.24, 2.45) is 0 Å². The molecule has 9 heteroatoms. The first-order chi connectivity index (χ1) is 14.1. The first-order valence-corrected chi connectivity index (χ1v) is 11.7. The number of benzene rings is 1. The van der Waals surface area contributed by atoms with Crippen LogP contribution in [0.25, 0.3) is 0 Å². The monoisotopic (exact) mass is 432 g/mol. The summed E-state index contributed by atoms with van der Waals surface area (Å²) in [5, 5.41) is 13.9. The molecule has 0 bridgehead atoms. The van der Waals surface area contributed by atoms with Gasteiger partial charge in [-0.15, -0.1) is 11.8 Å². The molecule has 2 aromatic rings. The maximum atomic E-state index is 11.9. The molecule has 1 aliphatic heterocycles. The SMILES string of the molecule is CSc1nc(NCCCN2CCCC2=O)c(C(=O)O)c(SCc2ccccc2)n1. The molecule has 0 saturated carbocycles. The summed E-state index contributed by atoms with van der Waals surface area (Å²) in [6, 6.07) is 9.87. The van der Waals surface area contributed by atoms with E-state index in [9.17, 15) is 14.7 Å². The smallest absolute Gasteiger partial charge is 0.342 e. The fraction of sp³-hybridized carbons (Fsp3) is 0.400. The van der Waals surface area contributed by atoms with Gasteiger partial charge in [0.15, 0.2) is 5.16 Å². The lowest BCUT2D eigenvalue weighted by Crippen LogP contribution is -2.27. The van der Waals surface area contributed by atoms with Gasteiger partial charge in [0.25, 0.3) is 0 Å². The van der Waals surface area contributed by atoms with Crippen LogP contribution in [0.1, 0.15) is 35.2 Å². The molecule has 1 aromatic heterocycles. The molecule has 0 atom stereocenters. The van der Waals surface area contributed by atoms with Crippen molar-refractivity contribution in [1.82, 2.24) is 14.9 Å². The second-order valence-corrected chi connectivity index (χ2v) is 8.32. The summed E-state index contributed by atoms with van der Waals surface area (Å²) in [7, 11) is 0. The molecule has 1 saturated heterocycles. The fourth-order valence-electron chi connectivity index (χ4n) is 3.08. The van der Waals surface area contributed by atoms with E-state index in [0.29, 0.717) is 41.3 Å². The molecule has 7 nitrogen and oxygen atoms in total. The molecule has 3 rings (SSSR count). The first-order valence-electron chi connectivity index (χ1n) is 9.46. The standard InChI is InChI=1S/C20H24N4O3S2/c1-28-20-22-17(21-10-6-12-24-11-5-9-15(24)25)16(19(26)27)18(23-20)29-13-14-7-3-2-4-8-14/h2-4,7-8H,5-6,9-13H2,1H3,(H,26,27)(H,21,22,23). The number of carboxylic acids is 1. The number of carboxylic acid groups (broad SMARTS) is 1. The summed E-state index contributed by atoms with van der Waals surface area (Å²) in [6.45, 7) is 2.02. The van der Waals surface area contributed by atoms with Crippen LogP contribution in [0, 0.1) is 0 Å². The number of thioether (sulfide) groups is 2. The lowest BCUT2D eigenvalue weighted by atomic mass is 10.2. The lowest BCUT2D eigenvalue weighted by Gasteiger charge is -2.16. The Morgan fingerprint density at radius 2 is 2.07 bits per heavy atom. The number of hydrogen-bond donors (Lipinski definition) is 2. The predicted octanol–water partition coefficient (Wildman–Crippen LogP) is 3.61. The number of aromatic nitrogens is 2. The predicted molar refractivity (Wildman–Crippen MR) is 116 cm³/mol. The zero-order valence-electron chi connectivity index (χ0n) is 16.3. The summed E-state index contributed by atoms with van der Waals surface area (Å²) in [5.74, 6) is 0.107. The number of carbonyl (C=O) groups is 2. The molecule has 154 valence electrons. The van der Waals surface area contributed by atoms with Crippen LogP contribution in [0.4, 0.5) is 5.82 Å². The molecule has 0 radical (unpaired) electrons. The number of aromatic carboxylic acids is 1. The molecule has 2 N–H and O–H groups in total. The van der Waals surface area contributed by atoms with E-state index in [1.807, 2.05) is 41.5 Å². The molecule has 1 aromatic carbocycles. The highest BCUT2D eigenvalue weighted by Crippen LogP contribution is 2.30. The van der Waals surface area contributed by atoms with Gasteiger partial charge in [-0.3, -0.25) is 4.79 Å². The molecule has 2 heterocycles. The van der Waals surface area contributed by atoms with Gasteiger partial charge < -0.3 is 15.3 Å². The van der Waals surface area contributed by atoms with Crippen LogP contribution in [-0.2, 0) is 10.5 Å². The second kappa shape index (κ2) is 10.5. The second-order valence-electron chi connectivity index (χ2n) is 6.58. The fourth-order valence-corrected chi connectivity index (χ4v) is 4.48. The largest absolute Gasteiger partial charge is 0.477 e. The third-order valence-corrected chi connectivity index (χ3v) is 6.13. The number of amides is 1. The molecule has 0 aliphatic carbocycles. The van der Waals surface area contributed by atoms with Crippen molar-refractivity contribution in [2.75, 3.05) is 31.2 Å². The molecule has 1 aliphatic rings. The molecular formula is C20H24N4O3S2. The van der Waals surface area contributed by atoms with Gasteiger partial charge in [-0.05, 0) is 24.7 Å². The van der Waals surface area contributed by atoms with Crippen molar-refractivity contribution in [3.8, 4) is 0 Å². The maximum Gasteiger partial charge on any atom is 0.342 e. The Kier molecular flexibility index (Phi) is 7.76. The van der Waals surface area contributed by atoms with Crippen molar-refractivity contribution in [2.45, 2.75) is 35.2 Å². The summed E-state index contributed by atoms with van der Waals surface area (Å²) in [5.41, 5.74) is 1.20. The van der Waals surface area contributed by atoms with Crippen molar-refractivity contribution >= 4 is 41.2 Å². The van der Waals surface area contributed by atoms with E-state index in [2.05, 4.69) is 15.3 Å². The van der Waals surface area contributed by atoms with Crippen LogP contribution >= 0.6 is 23.5 Å². The summed E-state index contributed by atoms with van der Waals surface area (Å²) >= 11 is 2.77. The number of nitrogens with zero attached hydrogens (tertiary/aromatic N) is 3. The van der Waals surface area contributed by atoms with Crippen LogP contribution in [0.5, 0.6) is 0 Å². The molecule has 0 unspecified atom stereocenters. The Balaban J connectivity index is 1.70. The van der Waals surface area contributed by atoms with Gasteiger partial charge >= 0.3 is 5.97 Å². The molecule has 1 fully saturated rings.